The molecule has 2 rings (SSSR count). The molecule has 0 amide bonds. The highest BCUT2D eigenvalue weighted by Gasteiger charge is 2.25. The lowest BCUT2D eigenvalue weighted by atomic mass is 9.78. The lowest BCUT2D eigenvalue weighted by Crippen LogP contribution is -2.17. The Bertz CT molecular complexity index is 821. The van der Waals surface area contributed by atoms with E-state index in [9.17, 15) is 5.11 Å². The van der Waals surface area contributed by atoms with Crippen LogP contribution in [0.3, 0.4) is 0 Å². The van der Waals surface area contributed by atoms with Crippen LogP contribution in [-0.2, 0) is 21.7 Å². The lowest BCUT2D eigenvalue weighted by Gasteiger charge is -2.27. The Hall–Kier alpha value is -1.76. The van der Waals surface area contributed by atoms with Gasteiger partial charge in [0.25, 0.3) is 0 Å². The van der Waals surface area contributed by atoms with Crippen LogP contribution < -0.4 is 0 Å². The summed E-state index contributed by atoms with van der Waals surface area (Å²) in [6.07, 6.45) is 0. The molecule has 0 heterocycles. The van der Waals surface area contributed by atoms with Crippen LogP contribution in [-0.4, -0.2) is 5.11 Å². The van der Waals surface area contributed by atoms with Crippen LogP contribution in [0.5, 0.6) is 5.75 Å². The second-order valence-corrected chi connectivity index (χ2v) is 13.3. The molecule has 0 spiro atoms. The molecular weight excluding hydrogens is 448 g/mol. The Labute approximate surface area is 234 Å². The van der Waals surface area contributed by atoms with Crippen LogP contribution in [0.15, 0.2) is 30.3 Å². The number of phenolic OH excluding ortho intramolecular Hbond substituents is 1. The minimum atomic E-state index is -0.0178. The van der Waals surface area contributed by atoms with Crippen molar-refractivity contribution in [3.63, 3.8) is 0 Å². The van der Waals surface area contributed by atoms with Gasteiger partial charge >= 0.3 is 0 Å². The van der Waals surface area contributed by atoms with Crippen molar-refractivity contribution in [1.82, 2.24) is 0 Å². The molecular formula is C36H66O. The highest BCUT2D eigenvalue weighted by atomic mass is 16.3. The van der Waals surface area contributed by atoms with Gasteiger partial charge in [-0.25, -0.2) is 0 Å². The summed E-state index contributed by atoms with van der Waals surface area (Å²) in [6.45, 7) is 42.7. The van der Waals surface area contributed by atoms with E-state index in [1.165, 1.54) is 22.3 Å². The van der Waals surface area contributed by atoms with Crippen molar-refractivity contribution in [2.75, 3.05) is 0 Å². The lowest BCUT2D eigenvalue weighted by molar-refractivity contribution is 0.423. The SMILES string of the molecule is CC.CC.CC.Cc1cc(C(C)(C)C)c(O)c(C(C)(C)C)c1.Cc1cc(C(C)(C)C)cc(C(C)(C)C)c1. The third-order valence-electron chi connectivity index (χ3n) is 5.68. The molecule has 0 aliphatic rings. The molecule has 1 N–H and O–H groups in total. The molecule has 0 saturated heterocycles. The molecule has 1 heteroatoms. The number of aryl methyl sites for hydroxylation is 2. The van der Waals surface area contributed by atoms with Crippen LogP contribution in [0.2, 0.25) is 0 Å². The molecule has 0 saturated carbocycles. The summed E-state index contributed by atoms with van der Waals surface area (Å²) in [6, 6.07) is 11.1. The molecule has 0 unspecified atom stereocenters. The smallest absolute Gasteiger partial charge is 0.123 e. The van der Waals surface area contributed by atoms with Gasteiger partial charge in [-0.1, -0.05) is 166 Å². The van der Waals surface area contributed by atoms with Crippen molar-refractivity contribution < 1.29 is 5.11 Å². The summed E-state index contributed by atoms with van der Waals surface area (Å²) in [5.41, 5.74) is 7.99. The number of hydrogen-bond donors (Lipinski definition) is 1. The van der Waals surface area contributed by atoms with E-state index in [-0.39, 0.29) is 21.7 Å². The molecule has 0 aliphatic heterocycles. The number of benzene rings is 2. The summed E-state index contributed by atoms with van der Waals surface area (Å²) in [7, 11) is 0. The zero-order valence-electron chi connectivity index (χ0n) is 28.8. The number of aromatic hydroxyl groups is 1. The van der Waals surface area contributed by atoms with E-state index >= 15 is 0 Å². The van der Waals surface area contributed by atoms with E-state index in [4.69, 9.17) is 0 Å². The van der Waals surface area contributed by atoms with Gasteiger partial charge < -0.3 is 5.11 Å². The van der Waals surface area contributed by atoms with Gasteiger partial charge in [0.2, 0.25) is 0 Å². The topological polar surface area (TPSA) is 20.2 Å². The minimum Gasteiger partial charge on any atom is -0.507 e. The van der Waals surface area contributed by atoms with Crippen molar-refractivity contribution >= 4 is 0 Å². The fraction of sp³-hybridized carbons (Fsp3) is 0.667. The highest BCUT2D eigenvalue weighted by molar-refractivity contribution is 5.49. The standard InChI is InChI=1S/C15H24O.C15H24.3C2H6/c1-10-8-11(14(2,3)4)13(16)12(9-10)15(5,6)7;1-11-8-12(14(2,3)4)10-13(9-11)15(5,6)7;3*1-2/h8-9,16H,1-7H3;8-10H,1-7H3;3*1-2H3. The van der Waals surface area contributed by atoms with Crippen LogP contribution in [0, 0.1) is 13.8 Å². The van der Waals surface area contributed by atoms with Gasteiger partial charge in [-0.3, -0.25) is 0 Å². The first-order chi connectivity index (χ1) is 16.6. The Balaban J connectivity index is -0.000000520. The quantitative estimate of drug-likeness (QED) is 0.370. The molecule has 2 aromatic carbocycles. The normalized spacial score (nSPS) is 11.4. The average Bonchev–Trinajstić information content (AvgIpc) is 2.76. The number of phenols is 1. The summed E-state index contributed by atoms with van der Waals surface area (Å²) >= 11 is 0. The Kier molecular flexibility index (Phi) is 17.5. The van der Waals surface area contributed by atoms with Crippen LogP contribution >= 0.6 is 0 Å². The highest BCUT2D eigenvalue weighted by Crippen LogP contribution is 2.39. The monoisotopic (exact) mass is 515 g/mol. The molecule has 0 atom stereocenters. The molecule has 1 nitrogen and oxygen atoms in total. The third-order valence-corrected chi connectivity index (χ3v) is 5.68. The molecule has 0 fully saturated rings. The summed E-state index contributed by atoms with van der Waals surface area (Å²) in [5.74, 6) is 0.464. The maximum absolute atomic E-state index is 10.4. The first kappa shape index (κ1) is 39.7. The molecule has 2 aromatic rings. The van der Waals surface area contributed by atoms with Gasteiger partial charge in [0, 0.05) is 0 Å². The second-order valence-electron chi connectivity index (χ2n) is 13.3. The zero-order valence-corrected chi connectivity index (χ0v) is 28.8. The predicted molar refractivity (Wildman–Crippen MR) is 173 cm³/mol. The Morgan fingerprint density at radius 1 is 0.405 bits per heavy atom. The largest absolute Gasteiger partial charge is 0.507 e. The van der Waals surface area contributed by atoms with Gasteiger partial charge in [-0.05, 0) is 57.8 Å². The van der Waals surface area contributed by atoms with Crippen LogP contribution in [0.4, 0.5) is 0 Å². The average molecular weight is 515 g/mol. The first-order valence-corrected chi connectivity index (χ1v) is 14.6. The molecule has 0 aliphatic carbocycles. The van der Waals surface area contributed by atoms with Crippen molar-refractivity contribution in [3.05, 3.63) is 63.7 Å². The Morgan fingerprint density at radius 3 is 0.865 bits per heavy atom. The number of hydrogen-bond acceptors (Lipinski definition) is 1. The maximum Gasteiger partial charge on any atom is 0.123 e. The minimum absolute atomic E-state index is 0.0178. The molecule has 0 radical (unpaired) electrons. The number of rotatable bonds is 0. The van der Waals surface area contributed by atoms with Crippen LogP contribution in [0.25, 0.3) is 0 Å². The predicted octanol–water partition coefficient (Wildman–Crippen LogP) is 12.0. The van der Waals surface area contributed by atoms with Gasteiger partial charge in [-0.15, -0.1) is 0 Å². The van der Waals surface area contributed by atoms with Gasteiger partial charge in [-0.2, -0.15) is 0 Å². The Morgan fingerprint density at radius 2 is 0.649 bits per heavy atom. The van der Waals surface area contributed by atoms with E-state index in [0.717, 1.165) is 11.1 Å². The zero-order chi connectivity index (χ0) is 30.6. The molecule has 37 heavy (non-hydrogen) atoms. The van der Waals surface area contributed by atoms with Gasteiger partial charge in [0.15, 0.2) is 0 Å². The van der Waals surface area contributed by atoms with E-state index in [1.54, 1.807) is 0 Å². The summed E-state index contributed by atoms with van der Waals surface area (Å²) in [4.78, 5) is 0. The van der Waals surface area contributed by atoms with Crippen molar-refractivity contribution in [2.24, 2.45) is 0 Å². The third kappa shape index (κ3) is 14.1. The fourth-order valence-electron chi connectivity index (χ4n) is 3.57. The maximum atomic E-state index is 10.4. The van der Waals surface area contributed by atoms with Crippen molar-refractivity contribution in [1.29, 1.82) is 0 Å². The van der Waals surface area contributed by atoms with Crippen LogP contribution in [0.1, 0.15) is 158 Å². The fourth-order valence-corrected chi connectivity index (χ4v) is 3.57. The second kappa shape index (κ2) is 16.3. The molecule has 0 bridgehead atoms. The molecule has 216 valence electrons. The molecule has 0 aromatic heterocycles. The van der Waals surface area contributed by atoms with Gasteiger partial charge in [0.05, 0.1) is 0 Å². The van der Waals surface area contributed by atoms with E-state index in [0.29, 0.717) is 5.75 Å². The first-order valence-electron chi connectivity index (χ1n) is 14.6. The summed E-state index contributed by atoms with van der Waals surface area (Å²) < 4.78 is 0. The van der Waals surface area contributed by atoms with E-state index in [2.05, 4.69) is 127 Å². The van der Waals surface area contributed by atoms with E-state index in [1.807, 2.05) is 41.5 Å². The van der Waals surface area contributed by atoms with Gasteiger partial charge in [0.1, 0.15) is 5.75 Å². The van der Waals surface area contributed by atoms with Crippen molar-refractivity contribution in [3.8, 4) is 5.75 Å². The van der Waals surface area contributed by atoms with Crippen molar-refractivity contribution in [2.45, 2.75) is 160 Å². The van der Waals surface area contributed by atoms with E-state index < -0.39 is 0 Å². The summed E-state index contributed by atoms with van der Waals surface area (Å²) in [5, 5.41) is 10.4.